The van der Waals surface area contributed by atoms with E-state index < -0.39 is 12.9 Å². The van der Waals surface area contributed by atoms with Crippen LogP contribution in [0.4, 0.5) is 17.6 Å². The van der Waals surface area contributed by atoms with Crippen molar-refractivity contribution in [3.8, 4) is 51.5 Å². The normalized spacial score (nSPS) is 11.1. The van der Waals surface area contributed by atoms with Crippen LogP contribution in [0.5, 0.6) is 23.0 Å². The first-order valence-corrected chi connectivity index (χ1v) is 15.5. The molecule has 8 rings (SSSR count). The van der Waals surface area contributed by atoms with Crippen molar-refractivity contribution in [2.24, 2.45) is 0 Å². The van der Waals surface area contributed by atoms with Crippen LogP contribution in [-0.2, 0) is 41.5 Å². The number of hydrogen-bond acceptors (Lipinski definition) is 6. The summed E-state index contributed by atoms with van der Waals surface area (Å²) in [5.41, 5.74) is 2.13. The molecule has 53 heavy (non-hydrogen) atoms. The summed E-state index contributed by atoms with van der Waals surface area (Å²) < 4.78 is 69.5. The van der Waals surface area contributed by atoms with Gasteiger partial charge in [0.05, 0.1) is 0 Å². The molecule has 266 valence electrons. The number of nitrogens with zero attached hydrogens (tertiary/aromatic N) is 5. The van der Waals surface area contributed by atoms with Crippen LogP contribution in [0.25, 0.3) is 50.3 Å². The van der Waals surface area contributed by atoms with Gasteiger partial charge in [-0.05, 0) is 29.6 Å². The van der Waals surface area contributed by atoms with Gasteiger partial charge in [-0.15, -0.1) is 47.5 Å². The molecule has 0 aliphatic rings. The number of rotatable bonds is 9. The molecule has 0 atom stereocenters. The third kappa shape index (κ3) is 7.91. The van der Waals surface area contributed by atoms with Crippen molar-refractivity contribution in [1.29, 1.82) is 0 Å². The summed E-state index contributed by atoms with van der Waals surface area (Å²) in [7, 11) is 0. The second kappa shape index (κ2) is 16.2. The van der Waals surface area contributed by atoms with Gasteiger partial charge in [0, 0.05) is 47.8 Å². The predicted octanol–water partition coefficient (Wildman–Crippen LogP) is 10.4. The van der Waals surface area contributed by atoms with E-state index in [1.54, 1.807) is 96.1 Å². The Bertz CT molecular complexity index is 2360. The fraction of sp³-hybridized carbons (Fsp3) is 0.0500. The predicted molar refractivity (Wildman–Crippen MR) is 181 cm³/mol. The molecule has 0 N–H and O–H groups in total. The Hall–Kier alpha value is -5.27. The van der Waals surface area contributed by atoms with E-state index in [0.29, 0.717) is 33.5 Å². The molecular weight excluding hydrogens is 960 g/mol. The van der Waals surface area contributed by atoms with E-state index in [4.69, 9.17) is 9.47 Å². The molecule has 0 bridgehead atoms. The first-order chi connectivity index (χ1) is 24.9. The molecule has 0 aliphatic heterocycles. The van der Waals surface area contributed by atoms with Crippen molar-refractivity contribution in [2.75, 3.05) is 0 Å². The first kappa shape index (κ1) is 37.5. The smallest absolute Gasteiger partial charge is 0.503 e. The van der Waals surface area contributed by atoms with Crippen LogP contribution >= 0.6 is 0 Å². The Kier molecular flexibility index (Phi) is 11.4. The van der Waals surface area contributed by atoms with Crippen molar-refractivity contribution < 1.29 is 68.5 Å². The Morgan fingerprint density at radius 2 is 0.962 bits per heavy atom. The molecule has 8 aromatic rings. The Morgan fingerprint density at radius 1 is 0.509 bits per heavy atom. The van der Waals surface area contributed by atoms with Gasteiger partial charge in [0.2, 0.25) is 18.8 Å². The zero-order valence-corrected chi connectivity index (χ0v) is 30.6. The Morgan fingerprint density at radius 3 is 1.38 bits per heavy atom. The SMILES string of the molecule is FC(F)c1cc(Oc2[c-]c3c(cc2)c2ccc(Oc4[c-]c(-c5ccccn5)cc(C(F)F)c4)[c-]c2n3-c2ncccn2)[c-]c(-c2ccccn2)c1.[Pd+2].[Pt+2]. The molecule has 0 radical (unpaired) electrons. The topological polar surface area (TPSA) is 75.0 Å². The minimum absolute atomic E-state index is 0. The standard InChI is InChI=1S/C40H21F4N5O2.Pd.Pt/c41-38(42)26-16-24(34-6-1-3-12-45-34)18-30(20-26)50-28-8-10-32-33-11-9-29(23-37(33)49(36(32)22-28)40-47-14-5-15-48-40)51-31-19-25(17-27(21-31)39(43)44)35-7-2-4-13-46-35;;/h1-17,20-21,38-39H;;/q-4;2*+2. The van der Waals surface area contributed by atoms with Crippen LogP contribution in [-0.4, -0.2) is 24.5 Å². The number of fused-ring (bicyclic) bond motifs is 3. The van der Waals surface area contributed by atoms with Gasteiger partial charge in [0.15, 0.2) is 0 Å². The van der Waals surface area contributed by atoms with E-state index >= 15 is 0 Å². The van der Waals surface area contributed by atoms with Crippen LogP contribution in [0.15, 0.2) is 116 Å². The fourth-order valence-corrected chi connectivity index (χ4v) is 5.60. The average molecular weight is 981 g/mol. The summed E-state index contributed by atoms with van der Waals surface area (Å²) in [5, 5.41) is 1.46. The van der Waals surface area contributed by atoms with Crippen LogP contribution in [0.1, 0.15) is 24.0 Å². The van der Waals surface area contributed by atoms with E-state index in [-0.39, 0.29) is 81.6 Å². The minimum atomic E-state index is -2.75. The molecule has 7 nitrogen and oxygen atoms in total. The Labute approximate surface area is 328 Å². The van der Waals surface area contributed by atoms with Gasteiger partial charge >= 0.3 is 41.5 Å². The summed E-state index contributed by atoms with van der Waals surface area (Å²) in [4.78, 5) is 17.4. The van der Waals surface area contributed by atoms with Crippen LogP contribution < -0.4 is 9.47 Å². The molecule has 4 aromatic heterocycles. The van der Waals surface area contributed by atoms with Gasteiger partial charge in [0.25, 0.3) is 0 Å². The molecule has 0 unspecified atom stereocenters. The molecule has 4 heterocycles. The van der Waals surface area contributed by atoms with Gasteiger partial charge in [-0.1, -0.05) is 70.7 Å². The molecule has 0 amide bonds. The monoisotopic (exact) mass is 980 g/mol. The van der Waals surface area contributed by atoms with Crippen LogP contribution in [0.3, 0.4) is 0 Å². The second-order valence-electron chi connectivity index (χ2n) is 11.2. The van der Waals surface area contributed by atoms with Gasteiger partial charge in [-0.25, -0.2) is 27.5 Å². The quantitative estimate of drug-likeness (QED) is 0.0815. The van der Waals surface area contributed by atoms with Gasteiger partial charge < -0.3 is 24.0 Å². The first-order valence-electron chi connectivity index (χ1n) is 15.5. The van der Waals surface area contributed by atoms with E-state index in [0.717, 1.165) is 10.8 Å². The summed E-state index contributed by atoms with van der Waals surface area (Å²) in [6.07, 6.45) is 0.784. The molecule has 13 heteroatoms. The summed E-state index contributed by atoms with van der Waals surface area (Å²) >= 11 is 0. The zero-order valence-electron chi connectivity index (χ0n) is 26.8. The number of ether oxygens (including phenoxy) is 2. The zero-order chi connectivity index (χ0) is 34.9. The number of halogens is 4. The molecule has 0 fully saturated rings. The van der Waals surface area contributed by atoms with Gasteiger partial charge in [0.1, 0.15) is 0 Å². The largest absolute Gasteiger partial charge is 2.00 e. The number of hydrogen-bond donors (Lipinski definition) is 0. The third-order valence-electron chi connectivity index (χ3n) is 7.84. The van der Waals surface area contributed by atoms with Gasteiger partial charge in [-0.2, -0.15) is 22.9 Å². The number of benzene rings is 4. The summed E-state index contributed by atoms with van der Waals surface area (Å²) in [5.74, 6) is 0.823. The van der Waals surface area contributed by atoms with Crippen LogP contribution in [0, 0.1) is 24.3 Å². The van der Waals surface area contributed by atoms with Crippen molar-refractivity contribution >= 4 is 21.8 Å². The van der Waals surface area contributed by atoms with Crippen LogP contribution in [0.2, 0.25) is 0 Å². The van der Waals surface area contributed by atoms with Crippen molar-refractivity contribution in [3.05, 3.63) is 151 Å². The van der Waals surface area contributed by atoms with E-state index in [1.165, 1.54) is 24.3 Å². The molecular formula is C40H21F4N5O2PdPt. The summed E-state index contributed by atoms with van der Waals surface area (Å²) in [6, 6.07) is 36.6. The van der Waals surface area contributed by atoms with E-state index in [1.807, 2.05) is 0 Å². The maximum absolute atomic E-state index is 13.9. The average Bonchev–Trinajstić information content (AvgIpc) is 3.48. The van der Waals surface area contributed by atoms with E-state index in [2.05, 4.69) is 44.2 Å². The number of alkyl halides is 4. The fourth-order valence-electron chi connectivity index (χ4n) is 5.60. The molecule has 0 saturated carbocycles. The summed E-state index contributed by atoms with van der Waals surface area (Å²) in [6.45, 7) is 0. The maximum Gasteiger partial charge on any atom is 2.00 e. The van der Waals surface area contributed by atoms with Gasteiger partial charge in [-0.3, -0.25) is 0 Å². The molecule has 0 aliphatic carbocycles. The number of pyridine rings is 2. The maximum atomic E-state index is 13.9. The molecule has 4 aromatic carbocycles. The Balaban J connectivity index is 0.00000240. The van der Waals surface area contributed by atoms with Crippen molar-refractivity contribution in [3.63, 3.8) is 0 Å². The molecule has 0 spiro atoms. The van der Waals surface area contributed by atoms with Crippen molar-refractivity contribution in [1.82, 2.24) is 24.5 Å². The number of aromatic nitrogens is 5. The third-order valence-corrected chi connectivity index (χ3v) is 7.84. The van der Waals surface area contributed by atoms with E-state index in [9.17, 15) is 17.6 Å². The second-order valence-corrected chi connectivity index (χ2v) is 11.2. The molecule has 0 saturated heterocycles. The van der Waals surface area contributed by atoms with Crippen molar-refractivity contribution in [2.45, 2.75) is 12.9 Å². The minimum Gasteiger partial charge on any atom is -0.503 e.